The molecule has 340 valence electrons. The van der Waals surface area contributed by atoms with Crippen LogP contribution in [-0.4, -0.2) is 79.9 Å². The molecule has 0 aromatic heterocycles. The lowest BCUT2D eigenvalue weighted by Gasteiger charge is -2.59. The Bertz CT molecular complexity index is 2390. The fraction of sp³-hybridized carbons (Fsp3) is 0.412. The molecule has 0 saturated heterocycles. The van der Waals surface area contributed by atoms with Crippen LogP contribution in [0.3, 0.4) is 0 Å². The average molecular weight is 892 g/mol. The normalized spacial score (nSPS) is 23.1. The van der Waals surface area contributed by atoms with Crippen molar-refractivity contribution in [1.82, 2.24) is 4.31 Å². The highest BCUT2D eigenvalue weighted by atomic mass is 32.2. The smallest absolute Gasteiger partial charge is 0.243 e. The van der Waals surface area contributed by atoms with Crippen LogP contribution in [0.25, 0.3) is 11.1 Å². The van der Waals surface area contributed by atoms with Gasteiger partial charge in [0, 0.05) is 50.3 Å². The minimum absolute atomic E-state index is 0.00569. The van der Waals surface area contributed by atoms with Gasteiger partial charge in [0.05, 0.1) is 29.2 Å². The fourth-order valence-electron chi connectivity index (χ4n) is 9.99. The van der Waals surface area contributed by atoms with Gasteiger partial charge in [-0.05, 0) is 115 Å². The molecular formula is C51H61N3O9S. The number of unbranched alkanes of at least 4 members (excludes halogenated alkanes) is 2. The lowest BCUT2D eigenvalue weighted by molar-refractivity contribution is -0.251. The number of aliphatic hydroxyl groups is 2. The number of carbonyl (C=O) groups excluding carboxylic acids is 1. The van der Waals surface area contributed by atoms with Gasteiger partial charge in [-0.15, -0.1) is 6.58 Å². The van der Waals surface area contributed by atoms with E-state index in [1.54, 1.807) is 18.2 Å². The van der Waals surface area contributed by atoms with Crippen molar-refractivity contribution in [3.8, 4) is 28.4 Å². The van der Waals surface area contributed by atoms with Gasteiger partial charge in [0.15, 0.2) is 0 Å². The first-order valence-electron chi connectivity index (χ1n) is 22.4. The summed E-state index contributed by atoms with van der Waals surface area (Å²) in [7, 11) is -2.74. The maximum atomic E-state index is 15.1. The third kappa shape index (κ3) is 9.84. The zero-order valence-electron chi connectivity index (χ0n) is 37.0. The summed E-state index contributed by atoms with van der Waals surface area (Å²) in [6.45, 7) is 7.70. The first-order valence-corrected chi connectivity index (χ1v) is 23.9. The fourth-order valence-corrected chi connectivity index (χ4v) is 11.7. The number of aliphatic hydroxyl groups excluding tert-OH is 2. The number of hydrogen-bond donors (Lipinski definition) is 3. The van der Waals surface area contributed by atoms with Gasteiger partial charge in [-0.25, -0.2) is 8.42 Å². The summed E-state index contributed by atoms with van der Waals surface area (Å²) in [4.78, 5) is 17.4. The van der Waals surface area contributed by atoms with Crippen molar-refractivity contribution < 1.29 is 42.5 Å². The van der Waals surface area contributed by atoms with Gasteiger partial charge in [0.2, 0.25) is 21.7 Å². The van der Waals surface area contributed by atoms with E-state index in [4.69, 9.17) is 19.0 Å². The van der Waals surface area contributed by atoms with Crippen molar-refractivity contribution >= 4 is 27.3 Å². The van der Waals surface area contributed by atoms with Gasteiger partial charge in [0.25, 0.3) is 0 Å². The van der Waals surface area contributed by atoms with Gasteiger partial charge in [-0.2, -0.15) is 4.31 Å². The maximum absolute atomic E-state index is 15.1. The number of carbonyl (C=O) groups is 1. The summed E-state index contributed by atoms with van der Waals surface area (Å²) in [6.07, 6.45) is 8.93. The predicted octanol–water partition coefficient (Wildman–Crippen LogP) is 9.47. The van der Waals surface area contributed by atoms with Crippen LogP contribution < -0.4 is 14.8 Å². The Morgan fingerprint density at radius 1 is 0.938 bits per heavy atom. The van der Waals surface area contributed by atoms with Gasteiger partial charge in [-0.3, -0.25) is 4.79 Å². The topological polar surface area (TPSA) is 156 Å². The number of anilines is 1. The van der Waals surface area contributed by atoms with Crippen molar-refractivity contribution in [3.05, 3.63) is 127 Å². The molecule has 6 unspecified atom stereocenters. The number of fused-ring (bicyclic) bond motifs is 2. The van der Waals surface area contributed by atoms with Gasteiger partial charge in [0.1, 0.15) is 24.4 Å². The summed E-state index contributed by atoms with van der Waals surface area (Å²) in [5, 5.41) is 27.2. The highest BCUT2D eigenvalue weighted by Crippen LogP contribution is 2.62. The van der Waals surface area contributed by atoms with E-state index in [-0.39, 0.29) is 61.3 Å². The summed E-state index contributed by atoms with van der Waals surface area (Å²) in [6, 6.07) is 29.2. The van der Waals surface area contributed by atoms with Crippen molar-refractivity contribution in [2.75, 3.05) is 38.8 Å². The Morgan fingerprint density at radius 3 is 2.28 bits per heavy atom. The van der Waals surface area contributed by atoms with E-state index >= 15 is 8.42 Å². The molecule has 1 aliphatic heterocycles. The van der Waals surface area contributed by atoms with Crippen LogP contribution in [0.15, 0.2) is 131 Å². The minimum atomic E-state index is -4.23. The molecule has 1 fully saturated rings. The van der Waals surface area contributed by atoms with Crippen molar-refractivity contribution in [3.63, 3.8) is 0 Å². The number of amides is 1. The first-order chi connectivity index (χ1) is 31.1. The van der Waals surface area contributed by atoms with Crippen molar-refractivity contribution in [2.24, 2.45) is 22.9 Å². The monoisotopic (exact) mass is 891 g/mol. The Morgan fingerprint density at radius 2 is 1.62 bits per heavy atom. The van der Waals surface area contributed by atoms with Crippen LogP contribution in [0.2, 0.25) is 0 Å². The van der Waals surface area contributed by atoms with Crippen LogP contribution in [0.1, 0.15) is 76.7 Å². The molecule has 0 bridgehead atoms. The molecule has 4 aromatic rings. The third-order valence-electron chi connectivity index (χ3n) is 12.6. The molecule has 3 N–H and O–H groups in total. The number of sulfonamides is 1. The maximum Gasteiger partial charge on any atom is 0.243 e. The number of nitrogens with zero attached hydrogens (tertiary/aromatic N) is 2. The largest absolute Gasteiger partial charge is 0.460 e. The number of hydrogen-bond acceptors (Lipinski definition) is 10. The lowest BCUT2D eigenvalue weighted by atomic mass is 9.55. The van der Waals surface area contributed by atoms with Crippen molar-refractivity contribution in [1.29, 1.82) is 0 Å². The van der Waals surface area contributed by atoms with E-state index < -0.39 is 27.8 Å². The zero-order valence-corrected chi connectivity index (χ0v) is 37.8. The molecule has 1 heterocycles. The molecule has 3 aliphatic rings. The second kappa shape index (κ2) is 21.1. The Hall–Kier alpha value is -5.31. The molecule has 12 nitrogen and oxygen atoms in total. The highest BCUT2D eigenvalue weighted by Gasteiger charge is 2.66. The molecule has 13 heteroatoms. The van der Waals surface area contributed by atoms with E-state index in [2.05, 4.69) is 35.3 Å². The molecule has 0 spiro atoms. The third-order valence-corrected chi connectivity index (χ3v) is 14.5. The van der Waals surface area contributed by atoms with Crippen LogP contribution in [0, 0.1) is 17.8 Å². The molecule has 0 radical (unpaired) electrons. The molecule has 7 rings (SSSR count). The number of nitrogens with one attached hydrogen (secondary N) is 1. The number of ether oxygens (including phenoxy) is 3. The Balaban J connectivity index is 1.40. The van der Waals surface area contributed by atoms with E-state index in [1.807, 2.05) is 67.6 Å². The number of benzene rings is 4. The van der Waals surface area contributed by atoms with Gasteiger partial charge < -0.3 is 34.6 Å². The summed E-state index contributed by atoms with van der Waals surface area (Å²) in [5.74, 6) is -0.810. The SMILES string of the molecule is C=CCOC12Oc3ccc(Oc4ccc(-c5ccccc5)cc4)cc3C3C(CCCCO)C(CCCCO)C=C(C(=NOC)CC1N(CCC)S(=O)(=O)c1ccc(NC(C)=O)cc1)C32. The average Bonchev–Trinajstić information content (AvgIpc) is 3.30. The van der Waals surface area contributed by atoms with E-state index in [9.17, 15) is 15.0 Å². The molecule has 2 aliphatic carbocycles. The Labute approximate surface area is 377 Å². The summed E-state index contributed by atoms with van der Waals surface area (Å²) < 4.78 is 52.7. The minimum Gasteiger partial charge on any atom is -0.460 e. The Kier molecular flexibility index (Phi) is 15.4. The highest BCUT2D eigenvalue weighted by molar-refractivity contribution is 7.89. The van der Waals surface area contributed by atoms with Gasteiger partial charge >= 0.3 is 0 Å². The lowest BCUT2D eigenvalue weighted by Crippen LogP contribution is -2.70. The van der Waals surface area contributed by atoms with Crippen LogP contribution in [-0.2, 0) is 24.4 Å². The predicted molar refractivity (Wildman–Crippen MR) is 249 cm³/mol. The van der Waals surface area contributed by atoms with Crippen molar-refractivity contribution in [2.45, 2.75) is 87.9 Å². The van der Waals surface area contributed by atoms with Gasteiger partial charge in [-0.1, -0.05) is 79.5 Å². The molecule has 1 amide bonds. The van der Waals surface area contributed by atoms with E-state index in [1.165, 1.54) is 30.5 Å². The molecule has 6 atom stereocenters. The number of rotatable bonds is 21. The number of allylic oxidation sites excluding steroid dienone is 1. The molecular weight excluding hydrogens is 831 g/mol. The number of oxime groups is 1. The summed E-state index contributed by atoms with van der Waals surface area (Å²) >= 11 is 0. The van der Waals surface area contributed by atoms with Crippen LogP contribution in [0.4, 0.5) is 5.69 Å². The quantitative estimate of drug-likeness (QED) is 0.0421. The standard InChI is InChI=1S/C51H61N3O9S/c1-5-28-54(64(58,59)42-25-20-39(21-26-42)52-35(3)57)48-34-46(53-60-4)44-32-38(16-10-12-29-55)43(17-11-13-30-56)49-45-33-41(24-27-47(45)63-51(48,50(44)49)61-31-6-2)62-40-22-18-37(19-23-40)36-14-8-7-9-15-36/h6-9,14-15,18-27,32-33,38,43,48-50,55-56H,2,5,10-13,16-17,28-31,34H2,1,3-4H3,(H,52,57). The van der Waals surface area contributed by atoms with Crippen LogP contribution in [0.5, 0.6) is 17.2 Å². The molecule has 4 aromatic carbocycles. The van der Waals surface area contributed by atoms with E-state index in [0.29, 0.717) is 47.9 Å². The van der Waals surface area contributed by atoms with E-state index in [0.717, 1.165) is 47.9 Å². The molecule has 64 heavy (non-hydrogen) atoms. The molecule has 1 saturated carbocycles. The summed E-state index contributed by atoms with van der Waals surface area (Å²) in [5.41, 5.74) is 5.05. The second-order valence-electron chi connectivity index (χ2n) is 16.8. The van der Waals surface area contributed by atoms with Crippen LogP contribution >= 0.6 is 0 Å². The first kappa shape index (κ1) is 46.7. The zero-order chi connectivity index (χ0) is 45.3. The second-order valence-corrected chi connectivity index (χ2v) is 18.7.